The Hall–Kier alpha value is -1.80. The van der Waals surface area contributed by atoms with Crippen LogP contribution < -0.4 is 0 Å². The number of piperazine rings is 1. The standard InChI is InChI=1S/C20H26N4O2S/c25-20(18-16-27-19(21-18)15-23-10-12-26-13-11-23)24-8-6-22(7-9-24)14-17-4-2-1-3-5-17/h1-5,16H,6-15H2. The first-order valence-corrected chi connectivity index (χ1v) is 10.5. The van der Waals surface area contributed by atoms with Crippen molar-refractivity contribution >= 4 is 17.2 Å². The Morgan fingerprint density at radius 1 is 0.963 bits per heavy atom. The Labute approximate surface area is 164 Å². The summed E-state index contributed by atoms with van der Waals surface area (Å²) in [6.45, 7) is 8.55. The van der Waals surface area contributed by atoms with Crippen molar-refractivity contribution in [2.75, 3.05) is 52.5 Å². The summed E-state index contributed by atoms with van der Waals surface area (Å²) in [4.78, 5) is 24.1. The lowest BCUT2D eigenvalue weighted by Crippen LogP contribution is -2.48. The van der Waals surface area contributed by atoms with Crippen LogP contribution in [0.3, 0.4) is 0 Å². The fourth-order valence-corrected chi connectivity index (χ4v) is 4.35. The van der Waals surface area contributed by atoms with E-state index in [4.69, 9.17) is 4.74 Å². The molecular formula is C20H26N4O2S. The SMILES string of the molecule is O=C(c1csc(CN2CCOCC2)n1)N1CCN(Cc2ccccc2)CC1. The van der Waals surface area contributed by atoms with Crippen LogP contribution in [-0.2, 0) is 17.8 Å². The summed E-state index contributed by atoms with van der Waals surface area (Å²) in [5.74, 6) is 0.0684. The van der Waals surface area contributed by atoms with Gasteiger partial charge in [0.1, 0.15) is 10.7 Å². The third-order valence-electron chi connectivity index (χ3n) is 5.14. The van der Waals surface area contributed by atoms with Gasteiger partial charge in [-0.2, -0.15) is 0 Å². The van der Waals surface area contributed by atoms with Gasteiger partial charge in [0.05, 0.1) is 19.8 Å². The molecule has 7 heteroatoms. The molecule has 6 nitrogen and oxygen atoms in total. The molecule has 4 rings (SSSR count). The van der Waals surface area contributed by atoms with E-state index in [9.17, 15) is 4.79 Å². The number of benzene rings is 1. The molecule has 0 radical (unpaired) electrons. The quantitative estimate of drug-likeness (QED) is 0.786. The van der Waals surface area contributed by atoms with Crippen LogP contribution in [0.1, 0.15) is 21.1 Å². The Morgan fingerprint density at radius 3 is 2.41 bits per heavy atom. The number of carbonyl (C=O) groups excluding carboxylic acids is 1. The van der Waals surface area contributed by atoms with Gasteiger partial charge < -0.3 is 9.64 Å². The van der Waals surface area contributed by atoms with E-state index >= 15 is 0 Å². The van der Waals surface area contributed by atoms with E-state index in [1.165, 1.54) is 5.56 Å². The van der Waals surface area contributed by atoms with E-state index in [1.54, 1.807) is 11.3 Å². The normalized spacial score (nSPS) is 19.3. The summed E-state index contributed by atoms with van der Waals surface area (Å²) in [5, 5.41) is 2.93. The molecule has 1 aromatic carbocycles. The van der Waals surface area contributed by atoms with Crippen LogP contribution in [0.25, 0.3) is 0 Å². The molecule has 0 saturated carbocycles. The first kappa shape index (κ1) is 18.6. The van der Waals surface area contributed by atoms with Gasteiger partial charge in [-0.05, 0) is 5.56 Å². The van der Waals surface area contributed by atoms with Crippen LogP contribution in [0.15, 0.2) is 35.7 Å². The highest BCUT2D eigenvalue weighted by Crippen LogP contribution is 2.16. The molecule has 2 fully saturated rings. The number of thiazole rings is 1. The molecule has 0 atom stereocenters. The van der Waals surface area contributed by atoms with Crippen molar-refractivity contribution in [2.45, 2.75) is 13.1 Å². The van der Waals surface area contributed by atoms with Gasteiger partial charge in [0.2, 0.25) is 0 Å². The first-order valence-electron chi connectivity index (χ1n) is 9.58. The van der Waals surface area contributed by atoms with Gasteiger partial charge in [0, 0.05) is 51.2 Å². The van der Waals surface area contributed by atoms with Gasteiger partial charge >= 0.3 is 0 Å². The van der Waals surface area contributed by atoms with Gasteiger partial charge in [-0.25, -0.2) is 4.98 Å². The number of amides is 1. The zero-order chi connectivity index (χ0) is 18.5. The summed E-state index contributed by atoms with van der Waals surface area (Å²) >= 11 is 1.59. The molecule has 0 spiro atoms. The number of hydrogen-bond acceptors (Lipinski definition) is 6. The number of ether oxygens (including phenoxy) is 1. The van der Waals surface area contributed by atoms with Gasteiger partial charge in [-0.1, -0.05) is 30.3 Å². The maximum absolute atomic E-state index is 12.8. The fourth-order valence-electron chi connectivity index (χ4n) is 3.54. The second-order valence-electron chi connectivity index (χ2n) is 7.07. The van der Waals surface area contributed by atoms with E-state index < -0.39 is 0 Å². The minimum absolute atomic E-state index is 0.0684. The molecule has 0 N–H and O–H groups in total. The molecule has 0 bridgehead atoms. The summed E-state index contributed by atoms with van der Waals surface area (Å²) in [6.07, 6.45) is 0. The highest BCUT2D eigenvalue weighted by Gasteiger charge is 2.24. The monoisotopic (exact) mass is 386 g/mol. The Bertz CT molecular complexity index is 737. The van der Waals surface area contributed by atoms with Gasteiger partial charge in [0.25, 0.3) is 5.91 Å². The first-order chi connectivity index (χ1) is 13.3. The van der Waals surface area contributed by atoms with Crippen LogP contribution >= 0.6 is 11.3 Å². The minimum Gasteiger partial charge on any atom is -0.379 e. The lowest BCUT2D eigenvalue weighted by molar-refractivity contribution is 0.0341. The van der Waals surface area contributed by atoms with Crippen molar-refractivity contribution in [3.05, 3.63) is 52.0 Å². The minimum atomic E-state index is 0.0684. The summed E-state index contributed by atoms with van der Waals surface area (Å²) in [7, 11) is 0. The number of rotatable bonds is 5. The molecular weight excluding hydrogens is 360 g/mol. The van der Waals surface area contributed by atoms with Crippen molar-refractivity contribution in [3.8, 4) is 0 Å². The zero-order valence-electron chi connectivity index (χ0n) is 15.5. The highest BCUT2D eigenvalue weighted by molar-refractivity contribution is 7.09. The second-order valence-corrected chi connectivity index (χ2v) is 8.01. The highest BCUT2D eigenvalue weighted by atomic mass is 32.1. The molecule has 1 amide bonds. The fraction of sp³-hybridized carbons (Fsp3) is 0.500. The lowest BCUT2D eigenvalue weighted by Gasteiger charge is -2.34. The average molecular weight is 387 g/mol. The van der Waals surface area contributed by atoms with Crippen molar-refractivity contribution in [3.63, 3.8) is 0 Å². The van der Waals surface area contributed by atoms with E-state index in [1.807, 2.05) is 16.3 Å². The molecule has 144 valence electrons. The lowest BCUT2D eigenvalue weighted by atomic mass is 10.2. The molecule has 1 aromatic heterocycles. The Kier molecular flexibility index (Phi) is 6.14. The van der Waals surface area contributed by atoms with Crippen LogP contribution in [0.2, 0.25) is 0 Å². The molecule has 3 heterocycles. The predicted molar refractivity (Wildman–Crippen MR) is 106 cm³/mol. The maximum Gasteiger partial charge on any atom is 0.273 e. The molecule has 2 aliphatic rings. The number of aromatic nitrogens is 1. The molecule has 0 unspecified atom stereocenters. The van der Waals surface area contributed by atoms with Crippen LogP contribution in [0.5, 0.6) is 0 Å². The largest absolute Gasteiger partial charge is 0.379 e. The average Bonchev–Trinajstić information content (AvgIpc) is 3.18. The van der Waals surface area contributed by atoms with Gasteiger partial charge in [0.15, 0.2) is 0 Å². The van der Waals surface area contributed by atoms with Crippen LogP contribution in [0.4, 0.5) is 0 Å². The molecule has 2 aliphatic heterocycles. The van der Waals surface area contributed by atoms with E-state index in [0.29, 0.717) is 5.69 Å². The third-order valence-corrected chi connectivity index (χ3v) is 5.98. The van der Waals surface area contributed by atoms with Crippen molar-refractivity contribution < 1.29 is 9.53 Å². The van der Waals surface area contributed by atoms with Gasteiger partial charge in [-0.3, -0.25) is 14.6 Å². The van der Waals surface area contributed by atoms with Gasteiger partial charge in [-0.15, -0.1) is 11.3 Å². The second kappa shape index (κ2) is 8.93. The summed E-state index contributed by atoms with van der Waals surface area (Å²) in [5.41, 5.74) is 1.92. The molecule has 2 saturated heterocycles. The number of nitrogens with zero attached hydrogens (tertiary/aromatic N) is 4. The van der Waals surface area contributed by atoms with Crippen molar-refractivity contribution in [1.82, 2.24) is 19.7 Å². The molecule has 0 aliphatic carbocycles. The smallest absolute Gasteiger partial charge is 0.273 e. The summed E-state index contributed by atoms with van der Waals surface area (Å²) in [6, 6.07) is 10.5. The Balaban J connectivity index is 1.28. The number of hydrogen-bond donors (Lipinski definition) is 0. The Morgan fingerprint density at radius 2 is 1.67 bits per heavy atom. The number of carbonyl (C=O) groups is 1. The zero-order valence-corrected chi connectivity index (χ0v) is 16.4. The maximum atomic E-state index is 12.8. The summed E-state index contributed by atoms with van der Waals surface area (Å²) < 4.78 is 5.38. The number of morpholine rings is 1. The van der Waals surface area contributed by atoms with Crippen molar-refractivity contribution in [2.24, 2.45) is 0 Å². The molecule has 27 heavy (non-hydrogen) atoms. The molecule has 2 aromatic rings. The topological polar surface area (TPSA) is 48.9 Å². The van der Waals surface area contributed by atoms with E-state index in [-0.39, 0.29) is 5.91 Å². The van der Waals surface area contributed by atoms with Crippen LogP contribution in [-0.4, -0.2) is 78.1 Å². The van der Waals surface area contributed by atoms with E-state index in [2.05, 4.69) is 39.0 Å². The van der Waals surface area contributed by atoms with Crippen molar-refractivity contribution in [1.29, 1.82) is 0 Å². The predicted octanol–water partition coefficient (Wildman–Crippen LogP) is 1.93. The third kappa shape index (κ3) is 4.93. The van der Waals surface area contributed by atoms with E-state index in [0.717, 1.165) is 70.6 Å². The van der Waals surface area contributed by atoms with Crippen LogP contribution in [0, 0.1) is 0 Å².